The molecule has 4 aromatic rings. The summed E-state index contributed by atoms with van der Waals surface area (Å²) >= 11 is 6.30. The molecule has 2 N–H and O–H groups in total. The van der Waals surface area contributed by atoms with E-state index < -0.39 is 22.2 Å². The lowest BCUT2D eigenvalue weighted by Crippen LogP contribution is -2.48. The predicted octanol–water partition coefficient (Wildman–Crippen LogP) is 5.95. The molecule has 1 aromatic heterocycles. The van der Waals surface area contributed by atoms with E-state index in [-0.39, 0.29) is 33.4 Å². The summed E-state index contributed by atoms with van der Waals surface area (Å²) < 4.78 is 29.6. The van der Waals surface area contributed by atoms with Crippen molar-refractivity contribution in [1.82, 2.24) is 19.8 Å². The van der Waals surface area contributed by atoms with Gasteiger partial charge in [0.25, 0.3) is 15.9 Å². The number of nitrogens with one attached hydrogen (secondary N) is 1. The minimum atomic E-state index is -4.19. The first-order chi connectivity index (χ1) is 21.9. The van der Waals surface area contributed by atoms with Gasteiger partial charge in [-0.1, -0.05) is 80.0 Å². The number of amides is 1. The third kappa shape index (κ3) is 7.93. The van der Waals surface area contributed by atoms with Crippen LogP contribution in [0.1, 0.15) is 47.3 Å². The Labute approximate surface area is 276 Å². The summed E-state index contributed by atoms with van der Waals surface area (Å²) in [6, 6.07) is 22.9. The number of β-amino-alcohol motifs (C(OH)–C–C–N with tert-alkyl or cyclic N) is 1. The van der Waals surface area contributed by atoms with Crippen molar-refractivity contribution in [2.45, 2.75) is 57.7 Å². The maximum absolute atomic E-state index is 14.0. The third-order valence-electron chi connectivity index (χ3n) is 8.22. The first kappa shape index (κ1) is 33.5. The minimum Gasteiger partial charge on any atom is -0.390 e. The van der Waals surface area contributed by atoms with E-state index in [1.807, 2.05) is 62.4 Å². The molecule has 11 heteroatoms. The highest BCUT2D eigenvalue weighted by atomic mass is 35.5. The van der Waals surface area contributed by atoms with Gasteiger partial charge >= 0.3 is 0 Å². The molecule has 1 aliphatic heterocycles. The van der Waals surface area contributed by atoms with Crippen LogP contribution in [0, 0.1) is 19.8 Å². The molecule has 242 valence electrons. The van der Waals surface area contributed by atoms with Crippen LogP contribution in [-0.4, -0.2) is 71.0 Å². The summed E-state index contributed by atoms with van der Waals surface area (Å²) in [5.41, 5.74) is 4.61. The molecule has 2 atom stereocenters. The van der Waals surface area contributed by atoms with Crippen molar-refractivity contribution in [2.24, 2.45) is 5.92 Å². The fourth-order valence-electron chi connectivity index (χ4n) is 6.06. The normalized spacial score (nSPS) is 17.6. The monoisotopic (exact) mass is 661 g/mol. The third-order valence-corrected chi connectivity index (χ3v) is 9.74. The van der Waals surface area contributed by atoms with E-state index in [2.05, 4.69) is 33.4 Å². The number of sulfonamides is 1. The van der Waals surface area contributed by atoms with Gasteiger partial charge in [-0.15, -0.1) is 0 Å². The number of rotatable bonds is 9. The maximum atomic E-state index is 14.0. The van der Waals surface area contributed by atoms with Crippen molar-refractivity contribution >= 4 is 33.5 Å². The number of carbonyl (C=O) groups is 1. The lowest BCUT2D eigenvalue weighted by atomic mass is 9.97. The minimum absolute atomic E-state index is 0.0894. The summed E-state index contributed by atoms with van der Waals surface area (Å²) in [6.45, 7) is 10.1. The largest absolute Gasteiger partial charge is 0.390 e. The van der Waals surface area contributed by atoms with Gasteiger partial charge in [0.1, 0.15) is 5.15 Å². The predicted molar refractivity (Wildman–Crippen MR) is 181 cm³/mol. The Hall–Kier alpha value is -3.83. The smallest absolute Gasteiger partial charge is 0.264 e. The topological polar surface area (TPSA) is 116 Å². The molecule has 0 spiro atoms. The molecule has 0 radical (unpaired) electrons. The summed E-state index contributed by atoms with van der Waals surface area (Å²) in [4.78, 5) is 26.4. The average molecular weight is 662 g/mol. The Balaban J connectivity index is 1.40. The zero-order chi connectivity index (χ0) is 33.0. The second-order valence-electron chi connectivity index (χ2n) is 12.3. The first-order valence-electron chi connectivity index (χ1n) is 15.4. The molecule has 0 saturated carbocycles. The highest BCUT2D eigenvalue weighted by Crippen LogP contribution is 2.29. The van der Waals surface area contributed by atoms with Gasteiger partial charge < -0.3 is 10.0 Å². The number of benzene rings is 3. The van der Waals surface area contributed by atoms with Crippen molar-refractivity contribution in [3.63, 3.8) is 0 Å². The molecule has 9 nitrogen and oxygen atoms in total. The van der Waals surface area contributed by atoms with Crippen LogP contribution in [0.5, 0.6) is 0 Å². The summed E-state index contributed by atoms with van der Waals surface area (Å²) in [6.07, 6.45) is -0.155. The molecule has 0 bridgehead atoms. The molecule has 2 heterocycles. The highest BCUT2D eigenvalue weighted by molar-refractivity contribution is 7.92. The first-order valence-corrected chi connectivity index (χ1v) is 17.3. The SMILES string of the molecule is Cc1cccc(C)c1-c1cc(Cl)nc(NS(=O)(=O)c2cccc(C(=O)N3CCN(Cc4ccccc4)CC(O)C3CC(C)C)c2)n1. The number of aliphatic hydroxyl groups excluding tert-OH is 1. The van der Waals surface area contributed by atoms with Crippen LogP contribution in [-0.2, 0) is 16.6 Å². The van der Waals surface area contributed by atoms with E-state index >= 15 is 0 Å². The number of nitrogens with zero attached hydrogens (tertiary/aromatic N) is 4. The van der Waals surface area contributed by atoms with E-state index in [1.54, 1.807) is 17.0 Å². The average Bonchev–Trinajstić information content (AvgIpc) is 3.14. The van der Waals surface area contributed by atoms with E-state index in [0.29, 0.717) is 38.3 Å². The van der Waals surface area contributed by atoms with Crippen molar-refractivity contribution < 1.29 is 18.3 Å². The van der Waals surface area contributed by atoms with Crippen molar-refractivity contribution in [3.8, 4) is 11.3 Å². The van der Waals surface area contributed by atoms with E-state index in [4.69, 9.17) is 11.6 Å². The van der Waals surface area contributed by atoms with Gasteiger partial charge in [0.2, 0.25) is 5.95 Å². The fourth-order valence-corrected chi connectivity index (χ4v) is 7.23. The molecule has 0 aliphatic carbocycles. The molecule has 1 fully saturated rings. The fraction of sp³-hybridized carbons (Fsp3) is 0.343. The molecule has 5 rings (SSSR count). The lowest BCUT2D eigenvalue weighted by Gasteiger charge is -2.33. The van der Waals surface area contributed by atoms with Crippen LogP contribution >= 0.6 is 11.6 Å². The molecular formula is C35H40ClN5O4S. The van der Waals surface area contributed by atoms with Crippen molar-refractivity contribution in [3.05, 3.63) is 106 Å². The molecule has 1 amide bonds. The maximum Gasteiger partial charge on any atom is 0.264 e. The van der Waals surface area contributed by atoms with Gasteiger partial charge in [0.15, 0.2) is 0 Å². The Kier molecular flexibility index (Phi) is 10.4. The van der Waals surface area contributed by atoms with Crippen LogP contribution in [0.25, 0.3) is 11.3 Å². The molecule has 2 unspecified atom stereocenters. The second-order valence-corrected chi connectivity index (χ2v) is 14.4. The zero-order valence-electron chi connectivity index (χ0n) is 26.5. The van der Waals surface area contributed by atoms with Crippen molar-refractivity contribution in [1.29, 1.82) is 0 Å². The Morgan fingerprint density at radius 3 is 2.37 bits per heavy atom. The number of anilines is 1. The van der Waals surface area contributed by atoms with Gasteiger partial charge in [-0.2, -0.15) is 0 Å². The molecular weight excluding hydrogens is 622 g/mol. The number of hydrogen-bond donors (Lipinski definition) is 2. The lowest BCUT2D eigenvalue weighted by molar-refractivity contribution is 0.0342. The standard InChI is InChI=1S/C35H40ClN5O4S/c1-23(2)18-30-31(42)22-40(21-26-12-6-5-7-13-26)16-17-41(30)34(43)27-14-9-15-28(19-27)46(44,45)39-35-37-29(20-32(36)38-35)33-24(3)10-8-11-25(33)4/h5-15,19-20,23,30-31,42H,16-18,21-22H2,1-4H3,(H,37,38,39). The van der Waals surface area contributed by atoms with E-state index in [0.717, 1.165) is 22.3 Å². The van der Waals surface area contributed by atoms with Crippen LogP contribution in [0.2, 0.25) is 5.15 Å². The number of hydrogen-bond acceptors (Lipinski definition) is 7. The summed E-state index contributed by atoms with van der Waals surface area (Å²) in [7, 11) is -4.19. The van der Waals surface area contributed by atoms with Gasteiger partial charge in [0, 0.05) is 43.4 Å². The Morgan fingerprint density at radius 1 is 0.978 bits per heavy atom. The number of aryl methyl sites for hydroxylation is 2. The van der Waals surface area contributed by atoms with Gasteiger partial charge in [-0.25, -0.2) is 23.1 Å². The molecule has 1 aliphatic rings. The van der Waals surface area contributed by atoms with E-state index in [9.17, 15) is 18.3 Å². The Morgan fingerprint density at radius 2 is 1.67 bits per heavy atom. The Bertz CT molecular complexity index is 1780. The number of aromatic nitrogens is 2. The van der Waals surface area contributed by atoms with Crippen LogP contribution in [0.4, 0.5) is 5.95 Å². The second kappa shape index (κ2) is 14.3. The van der Waals surface area contributed by atoms with Gasteiger partial charge in [0.05, 0.1) is 22.7 Å². The number of aliphatic hydroxyl groups is 1. The van der Waals surface area contributed by atoms with Crippen molar-refractivity contribution in [2.75, 3.05) is 24.4 Å². The number of halogens is 1. The summed E-state index contributed by atoms with van der Waals surface area (Å²) in [5, 5.41) is 11.4. The summed E-state index contributed by atoms with van der Waals surface area (Å²) in [5.74, 6) is -0.273. The van der Waals surface area contributed by atoms with E-state index in [1.165, 1.54) is 18.2 Å². The van der Waals surface area contributed by atoms with Crippen LogP contribution in [0.3, 0.4) is 0 Å². The van der Waals surface area contributed by atoms with Crippen LogP contribution in [0.15, 0.2) is 83.8 Å². The quantitative estimate of drug-likeness (QED) is 0.213. The molecule has 1 saturated heterocycles. The zero-order valence-corrected chi connectivity index (χ0v) is 28.1. The molecule has 46 heavy (non-hydrogen) atoms. The number of carbonyl (C=O) groups excluding carboxylic acids is 1. The van der Waals surface area contributed by atoms with Gasteiger partial charge in [-0.3, -0.25) is 9.69 Å². The van der Waals surface area contributed by atoms with Crippen LogP contribution < -0.4 is 4.72 Å². The van der Waals surface area contributed by atoms with Gasteiger partial charge in [-0.05, 0) is 61.1 Å². The molecule has 3 aromatic carbocycles. The highest BCUT2D eigenvalue weighted by Gasteiger charge is 2.35.